The fourth-order valence-electron chi connectivity index (χ4n) is 2.44. The van der Waals surface area contributed by atoms with Crippen LogP contribution < -0.4 is 5.32 Å². The van der Waals surface area contributed by atoms with Crippen molar-refractivity contribution in [1.29, 1.82) is 0 Å². The molecule has 1 aliphatic rings. The first-order chi connectivity index (χ1) is 7.74. The minimum absolute atomic E-state index is 0.588. The van der Waals surface area contributed by atoms with Gasteiger partial charge in [0.2, 0.25) is 0 Å². The monoisotopic (exact) mass is 217 g/mol. The molecule has 1 unspecified atom stereocenters. The van der Waals surface area contributed by atoms with E-state index in [4.69, 9.17) is 0 Å². The molecule has 1 fully saturated rings. The second-order valence-electron chi connectivity index (χ2n) is 5.29. The molecule has 1 aromatic rings. The lowest BCUT2D eigenvalue weighted by atomic mass is 9.92. The summed E-state index contributed by atoms with van der Waals surface area (Å²) in [5.41, 5.74) is 2.06. The maximum absolute atomic E-state index is 3.66. The third-order valence-electron chi connectivity index (χ3n) is 3.89. The van der Waals surface area contributed by atoms with E-state index in [9.17, 15) is 0 Å². The summed E-state index contributed by atoms with van der Waals surface area (Å²) in [4.78, 5) is 0. The molecule has 1 atom stereocenters. The van der Waals surface area contributed by atoms with Crippen molar-refractivity contribution in [3.8, 4) is 0 Å². The fraction of sp³-hybridized carbons (Fsp3) is 0.600. The van der Waals surface area contributed by atoms with E-state index in [1.54, 1.807) is 0 Å². The quantitative estimate of drug-likeness (QED) is 0.770. The van der Waals surface area contributed by atoms with Gasteiger partial charge in [0.05, 0.1) is 0 Å². The summed E-state index contributed by atoms with van der Waals surface area (Å²) < 4.78 is 0. The smallest absolute Gasteiger partial charge is 0.0124 e. The van der Waals surface area contributed by atoms with E-state index in [0.29, 0.717) is 11.5 Å². The average molecular weight is 217 g/mol. The molecule has 1 N–H and O–H groups in total. The predicted molar refractivity (Wildman–Crippen MR) is 69.6 cm³/mol. The fourth-order valence-corrected chi connectivity index (χ4v) is 2.44. The first-order valence-corrected chi connectivity index (χ1v) is 6.52. The average Bonchev–Trinajstić information content (AvgIpc) is 3.05. The van der Waals surface area contributed by atoms with Crippen LogP contribution in [0.4, 0.5) is 0 Å². The molecule has 0 amide bonds. The van der Waals surface area contributed by atoms with Gasteiger partial charge in [-0.25, -0.2) is 0 Å². The molecule has 0 heterocycles. The maximum Gasteiger partial charge on any atom is 0.0124 e. The summed E-state index contributed by atoms with van der Waals surface area (Å²) >= 11 is 0. The van der Waals surface area contributed by atoms with Crippen LogP contribution in [0.25, 0.3) is 0 Å². The van der Waals surface area contributed by atoms with E-state index in [1.807, 2.05) is 0 Å². The normalized spacial score (nSPS) is 19.4. The minimum atomic E-state index is 0.588. The second-order valence-corrected chi connectivity index (χ2v) is 5.29. The lowest BCUT2D eigenvalue weighted by molar-refractivity contribution is 0.343. The zero-order chi connectivity index (χ0) is 11.4. The van der Waals surface area contributed by atoms with Crippen LogP contribution in [0.5, 0.6) is 0 Å². The molecule has 1 heteroatoms. The van der Waals surface area contributed by atoms with Crippen molar-refractivity contribution in [2.45, 2.75) is 45.6 Å². The molecule has 88 valence electrons. The summed E-state index contributed by atoms with van der Waals surface area (Å²) in [5, 5.41) is 3.66. The molecule has 0 bridgehead atoms. The largest absolute Gasteiger partial charge is 0.314 e. The molecule has 0 spiro atoms. The van der Waals surface area contributed by atoms with Crippen molar-refractivity contribution >= 4 is 0 Å². The molecule has 1 saturated carbocycles. The van der Waals surface area contributed by atoms with Gasteiger partial charge in [-0.15, -0.1) is 0 Å². The molecule has 1 nitrogen and oxygen atoms in total. The zero-order valence-electron chi connectivity index (χ0n) is 10.5. The molecular formula is C15H23N. The molecule has 1 aromatic carbocycles. The molecule has 16 heavy (non-hydrogen) atoms. The van der Waals surface area contributed by atoms with Crippen molar-refractivity contribution in [3.05, 3.63) is 35.9 Å². The van der Waals surface area contributed by atoms with Gasteiger partial charge in [-0.05, 0) is 43.2 Å². The molecule has 2 rings (SSSR count). The van der Waals surface area contributed by atoms with Gasteiger partial charge in [-0.1, -0.05) is 44.2 Å². The van der Waals surface area contributed by atoms with Crippen molar-refractivity contribution in [1.82, 2.24) is 5.32 Å². The number of hydrogen-bond acceptors (Lipinski definition) is 1. The lowest BCUT2D eigenvalue weighted by Gasteiger charge is -2.24. The van der Waals surface area contributed by atoms with E-state index in [1.165, 1.54) is 31.2 Å². The number of hydrogen-bond donors (Lipinski definition) is 1. The van der Waals surface area contributed by atoms with Crippen LogP contribution >= 0.6 is 0 Å². The van der Waals surface area contributed by atoms with E-state index >= 15 is 0 Å². The number of aryl methyl sites for hydroxylation is 1. The molecular weight excluding hydrogens is 194 g/mol. The summed E-state index contributed by atoms with van der Waals surface area (Å²) in [7, 11) is 0. The van der Waals surface area contributed by atoms with Gasteiger partial charge >= 0.3 is 0 Å². The summed E-state index contributed by atoms with van der Waals surface area (Å²) in [6, 6.07) is 11.5. The molecule has 1 aliphatic carbocycles. The van der Waals surface area contributed by atoms with E-state index < -0.39 is 0 Å². The molecule has 0 aromatic heterocycles. The van der Waals surface area contributed by atoms with Gasteiger partial charge in [-0.2, -0.15) is 0 Å². The van der Waals surface area contributed by atoms with Gasteiger partial charge < -0.3 is 5.32 Å². The second kappa shape index (κ2) is 5.01. The Labute approximate surface area is 99.3 Å². The Hall–Kier alpha value is -0.820. The van der Waals surface area contributed by atoms with E-state index in [0.717, 1.165) is 6.54 Å². The van der Waals surface area contributed by atoms with Crippen LogP contribution in [0.2, 0.25) is 0 Å². The van der Waals surface area contributed by atoms with Crippen LogP contribution in [-0.2, 0) is 6.42 Å². The Morgan fingerprint density at radius 1 is 1.25 bits per heavy atom. The number of benzene rings is 1. The summed E-state index contributed by atoms with van der Waals surface area (Å²) in [6.07, 6.45) is 5.28. The summed E-state index contributed by atoms with van der Waals surface area (Å²) in [6.45, 7) is 5.72. The van der Waals surface area contributed by atoms with Crippen molar-refractivity contribution < 1.29 is 0 Å². The van der Waals surface area contributed by atoms with Crippen LogP contribution in [0, 0.1) is 5.41 Å². The highest BCUT2D eigenvalue weighted by Gasteiger charge is 2.43. The highest BCUT2D eigenvalue weighted by molar-refractivity contribution is 5.15. The van der Waals surface area contributed by atoms with Crippen molar-refractivity contribution in [2.75, 3.05) is 6.54 Å². The van der Waals surface area contributed by atoms with Gasteiger partial charge in [0.15, 0.2) is 0 Å². The lowest BCUT2D eigenvalue weighted by Crippen LogP contribution is -2.36. The van der Waals surface area contributed by atoms with Crippen molar-refractivity contribution in [2.24, 2.45) is 5.41 Å². The molecule has 0 radical (unpaired) electrons. The minimum Gasteiger partial charge on any atom is -0.314 e. The van der Waals surface area contributed by atoms with Crippen LogP contribution in [0.3, 0.4) is 0 Å². The number of nitrogens with one attached hydrogen (secondary N) is 1. The first-order valence-electron chi connectivity index (χ1n) is 6.52. The van der Waals surface area contributed by atoms with Gasteiger partial charge in [0, 0.05) is 6.04 Å². The topological polar surface area (TPSA) is 12.0 Å². The standard InChI is InChI=1S/C15H23N/c1-3-16-14(15(2)11-12-15)10-9-13-7-5-4-6-8-13/h4-8,14,16H,3,9-12H2,1-2H3. The SMILES string of the molecule is CCNC(CCc1ccccc1)C1(C)CC1. The number of rotatable bonds is 6. The van der Waals surface area contributed by atoms with Gasteiger partial charge in [-0.3, -0.25) is 0 Å². The highest BCUT2D eigenvalue weighted by Crippen LogP contribution is 2.49. The Balaban J connectivity index is 1.87. The Morgan fingerprint density at radius 3 is 2.50 bits per heavy atom. The van der Waals surface area contributed by atoms with Crippen LogP contribution in [0.1, 0.15) is 38.7 Å². The first kappa shape index (κ1) is 11.7. The Morgan fingerprint density at radius 2 is 1.94 bits per heavy atom. The summed E-state index contributed by atoms with van der Waals surface area (Å²) in [5.74, 6) is 0. The predicted octanol–water partition coefficient (Wildman–Crippen LogP) is 3.40. The van der Waals surface area contributed by atoms with E-state index in [2.05, 4.69) is 49.5 Å². The Kier molecular flexibility index (Phi) is 3.65. The maximum atomic E-state index is 3.66. The Bertz CT molecular complexity index is 313. The molecule has 0 aliphatic heterocycles. The highest BCUT2D eigenvalue weighted by atomic mass is 14.9. The third-order valence-corrected chi connectivity index (χ3v) is 3.89. The molecule has 0 saturated heterocycles. The van der Waals surface area contributed by atoms with Crippen LogP contribution in [-0.4, -0.2) is 12.6 Å². The zero-order valence-corrected chi connectivity index (χ0v) is 10.5. The van der Waals surface area contributed by atoms with Gasteiger partial charge in [0.1, 0.15) is 0 Å². The van der Waals surface area contributed by atoms with Crippen molar-refractivity contribution in [3.63, 3.8) is 0 Å². The van der Waals surface area contributed by atoms with Gasteiger partial charge in [0.25, 0.3) is 0 Å². The third kappa shape index (κ3) is 2.85. The van der Waals surface area contributed by atoms with Crippen LogP contribution in [0.15, 0.2) is 30.3 Å². The van der Waals surface area contributed by atoms with E-state index in [-0.39, 0.29) is 0 Å².